The van der Waals surface area contributed by atoms with E-state index in [-0.39, 0.29) is 44.8 Å². The van der Waals surface area contributed by atoms with Gasteiger partial charge in [-0.15, -0.1) is 0 Å². The van der Waals surface area contributed by atoms with Crippen LogP contribution in [0.4, 0.5) is 4.79 Å². The minimum absolute atomic E-state index is 0.140. The quantitative estimate of drug-likeness (QED) is 0.521. The molecule has 1 N–H and O–H groups in total. The maximum absolute atomic E-state index is 13.3. The van der Waals surface area contributed by atoms with E-state index in [9.17, 15) is 14.4 Å². The Bertz CT molecular complexity index is 881. The number of nitrogens with zero attached hydrogens (tertiary/aromatic N) is 2. The zero-order chi connectivity index (χ0) is 23.5. The first kappa shape index (κ1) is 24.3. The molecule has 0 bridgehead atoms. The van der Waals surface area contributed by atoms with Gasteiger partial charge in [0.15, 0.2) is 0 Å². The lowest BCUT2D eigenvalue weighted by atomic mass is 10.2. The molecule has 1 saturated heterocycles. The minimum Gasteiger partial charge on any atom is -0.467 e. The molecule has 3 rings (SSSR count). The summed E-state index contributed by atoms with van der Waals surface area (Å²) in [7, 11) is 0. The predicted molar refractivity (Wildman–Crippen MR) is 120 cm³/mol. The number of rotatable bonds is 11. The topological polar surface area (TPSA) is 101 Å². The molecule has 1 atom stereocenters. The molecule has 1 aliphatic rings. The van der Waals surface area contributed by atoms with Crippen LogP contribution in [0.15, 0.2) is 53.1 Å². The molecular formula is C24H31N3O6. The summed E-state index contributed by atoms with van der Waals surface area (Å²) < 4.78 is 16.0. The van der Waals surface area contributed by atoms with E-state index in [2.05, 4.69) is 5.32 Å². The van der Waals surface area contributed by atoms with Crippen molar-refractivity contribution in [1.82, 2.24) is 15.1 Å². The highest BCUT2D eigenvalue weighted by Gasteiger charge is 2.27. The van der Waals surface area contributed by atoms with Gasteiger partial charge in [0.25, 0.3) is 0 Å². The van der Waals surface area contributed by atoms with Gasteiger partial charge in [-0.2, -0.15) is 0 Å². The van der Waals surface area contributed by atoms with Gasteiger partial charge in [-0.25, -0.2) is 4.79 Å². The molecule has 1 aromatic heterocycles. The van der Waals surface area contributed by atoms with Crippen LogP contribution in [0.25, 0.3) is 0 Å². The van der Waals surface area contributed by atoms with Crippen LogP contribution in [0.3, 0.4) is 0 Å². The van der Waals surface area contributed by atoms with Crippen molar-refractivity contribution in [3.8, 4) is 0 Å². The smallest absolute Gasteiger partial charge is 0.325 e. The van der Waals surface area contributed by atoms with Crippen molar-refractivity contribution in [1.29, 1.82) is 0 Å². The van der Waals surface area contributed by atoms with Gasteiger partial charge < -0.3 is 29.0 Å². The van der Waals surface area contributed by atoms with Gasteiger partial charge in [-0.3, -0.25) is 9.59 Å². The van der Waals surface area contributed by atoms with E-state index in [0.29, 0.717) is 18.9 Å². The Balaban J connectivity index is 1.69. The van der Waals surface area contributed by atoms with E-state index in [4.69, 9.17) is 13.9 Å². The van der Waals surface area contributed by atoms with Gasteiger partial charge in [0.1, 0.15) is 18.8 Å². The van der Waals surface area contributed by atoms with Crippen molar-refractivity contribution in [3.05, 3.63) is 60.1 Å². The normalized spacial score (nSPS) is 15.1. The molecule has 9 nitrogen and oxygen atoms in total. The van der Waals surface area contributed by atoms with Gasteiger partial charge in [0.2, 0.25) is 5.91 Å². The first-order valence-corrected chi connectivity index (χ1v) is 11.2. The van der Waals surface area contributed by atoms with Crippen LogP contribution in [-0.2, 0) is 32.2 Å². The number of carbonyl (C=O) groups is 3. The van der Waals surface area contributed by atoms with Gasteiger partial charge in [-0.1, -0.05) is 30.3 Å². The summed E-state index contributed by atoms with van der Waals surface area (Å²) in [6.45, 7) is 3.06. The lowest BCUT2D eigenvalue weighted by Crippen LogP contribution is -2.50. The molecule has 2 heterocycles. The van der Waals surface area contributed by atoms with Crippen LogP contribution >= 0.6 is 0 Å². The van der Waals surface area contributed by atoms with Crippen molar-refractivity contribution in [2.75, 3.05) is 32.8 Å². The van der Waals surface area contributed by atoms with Crippen LogP contribution in [0, 0.1) is 0 Å². The summed E-state index contributed by atoms with van der Waals surface area (Å²) in [5.74, 6) is -0.117. The Kier molecular flexibility index (Phi) is 9.31. The Hall–Kier alpha value is -3.33. The summed E-state index contributed by atoms with van der Waals surface area (Å²) in [6, 6.07) is 12.7. The molecule has 1 aromatic carbocycles. The molecule has 1 unspecified atom stereocenters. The fourth-order valence-electron chi connectivity index (χ4n) is 3.61. The monoisotopic (exact) mass is 457 g/mol. The number of nitrogens with one attached hydrogen (secondary N) is 1. The van der Waals surface area contributed by atoms with Gasteiger partial charge in [0.05, 0.1) is 25.5 Å². The number of hydrogen-bond acceptors (Lipinski definition) is 6. The van der Waals surface area contributed by atoms with Crippen LogP contribution in [-0.4, -0.2) is 66.7 Å². The van der Waals surface area contributed by atoms with Crippen LogP contribution in [0.1, 0.15) is 31.1 Å². The molecule has 1 aliphatic heterocycles. The Labute approximate surface area is 193 Å². The largest absolute Gasteiger partial charge is 0.467 e. The van der Waals surface area contributed by atoms with Crippen LogP contribution in [0.5, 0.6) is 0 Å². The molecule has 2 aromatic rings. The summed E-state index contributed by atoms with van der Waals surface area (Å²) in [6.07, 6.45) is 3.15. The zero-order valence-corrected chi connectivity index (χ0v) is 18.9. The highest BCUT2D eigenvalue weighted by Crippen LogP contribution is 2.15. The van der Waals surface area contributed by atoms with Gasteiger partial charge >= 0.3 is 12.0 Å². The molecule has 1 fully saturated rings. The third-order valence-electron chi connectivity index (χ3n) is 5.25. The predicted octanol–water partition coefficient (Wildman–Crippen LogP) is 2.56. The lowest BCUT2D eigenvalue weighted by molar-refractivity contribution is -0.141. The van der Waals surface area contributed by atoms with Crippen molar-refractivity contribution in [2.24, 2.45) is 0 Å². The average Bonchev–Trinajstić information content (AvgIpc) is 3.52. The number of hydrogen-bond donors (Lipinski definition) is 1. The maximum Gasteiger partial charge on any atom is 0.325 e. The second-order valence-electron chi connectivity index (χ2n) is 7.79. The number of furan rings is 1. The first-order chi connectivity index (χ1) is 16.0. The van der Waals surface area contributed by atoms with Crippen molar-refractivity contribution in [2.45, 2.75) is 39.0 Å². The van der Waals surface area contributed by atoms with Gasteiger partial charge in [0, 0.05) is 19.7 Å². The number of carbonyl (C=O) groups excluding carboxylic acids is 3. The van der Waals surface area contributed by atoms with Crippen LogP contribution in [0.2, 0.25) is 0 Å². The van der Waals surface area contributed by atoms with E-state index in [1.54, 1.807) is 24.2 Å². The van der Waals surface area contributed by atoms with E-state index in [1.165, 1.54) is 4.90 Å². The lowest BCUT2D eigenvalue weighted by Gasteiger charge is -2.29. The van der Waals surface area contributed by atoms with E-state index in [1.807, 2.05) is 36.4 Å². The zero-order valence-electron chi connectivity index (χ0n) is 18.9. The van der Waals surface area contributed by atoms with E-state index in [0.717, 1.165) is 18.4 Å². The number of esters is 1. The van der Waals surface area contributed by atoms with Gasteiger partial charge in [-0.05, 0) is 37.5 Å². The first-order valence-electron chi connectivity index (χ1n) is 11.2. The molecule has 178 valence electrons. The Morgan fingerprint density at radius 3 is 2.58 bits per heavy atom. The van der Waals surface area contributed by atoms with E-state index < -0.39 is 12.0 Å². The molecule has 3 amide bonds. The fourth-order valence-corrected chi connectivity index (χ4v) is 3.61. The number of benzene rings is 1. The Morgan fingerprint density at radius 2 is 1.91 bits per heavy atom. The highest BCUT2D eigenvalue weighted by molar-refractivity contribution is 5.86. The maximum atomic E-state index is 13.3. The average molecular weight is 458 g/mol. The molecule has 0 aliphatic carbocycles. The van der Waals surface area contributed by atoms with Crippen molar-refractivity contribution < 1.29 is 28.3 Å². The number of urea groups is 1. The summed E-state index contributed by atoms with van der Waals surface area (Å²) in [4.78, 5) is 40.9. The second-order valence-corrected chi connectivity index (χ2v) is 7.79. The third-order valence-corrected chi connectivity index (χ3v) is 5.25. The van der Waals surface area contributed by atoms with E-state index >= 15 is 0 Å². The van der Waals surface area contributed by atoms with Crippen molar-refractivity contribution in [3.63, 3.8) is 0 Å². The standard InChI is InChI=1S/C24H31N3O6/c1-2-31-23(29)14-25-24(30)27(17-21-11-7-13-33-21)18-22(28)26(16-20-10-6-12-32-20)15-19-8-4-3-5-9-19/h3-6,8-10,12,21H,2,7,11,13-18H2,1H3,(H,25,30). The fraction of sp³-hybridized carbons (Fsp3) is 0.458. The minimum atomic E-state index is -0.530. The summed E-state index contributed by atoms with van der Waals surface area (Å²) >= 11 is 0. The van der Waals surface area contributed by atoms with Crippen molar-refractivity contribution >= 4 is 17.9 Å². The highest BCUT2D eigenvalue weighted by atomic mass is 16.5. The molecule has 9 heteroatoms. The number of ether oxygens (including phenoxy) is 2. The molecule has 0 radical (unpaired) electrons. The van der Waals surface area contributed by atoms with Crippen LogP contribution < -0.4 is 5.32 Å². The third kappa shape index (κ3) is 7.94. The summed E-state index contributed by atoms with van der Waals surface area (Å²) in [5, 5.41) is 2.55. The second kappa shape index (κ2) is 12.6. The number of amides is 3. The summed E-state index contributed by atoms with van der Waals surface area (Å²) in [5.41, 5.74) is 0.967. The SMILES string of the molecule is CCOC(=O)CNC(=O)N(CC(=O)N(Cc1ccccc1)Cc1ccco1)CC1CCCO1. The molecule has 33 heavy (non-hydrogen) atoms. The molecule has 0 spiro atoms. The Morgan fingerprint density at radius 1 is 1.09 bits per heavy atom. The molecular weight excluding hydrogens is 426 g/mol. The molecule has 0 saturated carbocycles.